The lowest BCUT2D eigenvalue weighted by Gasteiger charge is -2.03. The van der Waals surface area contributed by atoms with E-state index in [1.807, 2.05) is 23.4 Å². The summed E-state index contributed by atoms with van der Waals surface area (Å²) in [5, 5.41) is 4.35. The van der Waals surface area contributed by atoms with E-state index in [0.29, 0.717) is 0 Å². The average molecular weight is 278 g/mol. The van der Waals surface area contributed by atoms with Gasteiger partial charge in [-0.15, -0.1) is 0 Å². The molecule has 0 bridgehead atoms. The lowest BCUT2D eigenvalue weighted by molar-refractivity contribution is 0.577. The minimum absolute atomic E-state index is 0.742. The molecule has 0 saturated carbocycles. The van der Waals surface area contributed by atoms with E-state index in [1.165, 1.54) is 12.2 Å². The van der Waals surface area contributed by atoms with Gasteiger partial charge in [-0.3, -0.25) is 0 Å². The Bertz CT molecular complexity index is 298. The van der Waals surface area contributed by atoms with Crippen molar-refractivity contribution in [1.82, 2.24) is 9.78 Å². The highest BCUT2D eigenvalue weighted by Crippen LogP contribution is 2.23. The number of nitrogen functional groups attached to an aromatic ring is 1. The number of hydrogen-bond donors (Lipinski definition) is 1. The molecule has 3 nitrogen and oxygen atoms in total. The SMILES string of the molecule is CSCCCCn1nc(C)c(Br)c1N. The maximum Gasteiger partial charge on any atom is 0.136 e. The number of aromatic nitrogens is 2. The van der Waals surface area contributed by atoms with E-state index in [1.54, 1.807) is 0 Å². The van der Waals surface area contributed by atoms with Gasteiger partial charge in [0.1, 0.15) is 5.82 Å². The van der Waals surface area contributed by atoms with Crippen LogP contribution in [0.3, 0.4) is 0 Å². The fraction of sp³-hybridized carbons (Fsp3) is 0.667. The Labute approximate surface area is 97.6 Å². The van der Waals surface area contributed by atoms with Gasteiger partial charge in [0.25, 0.3) is 0 Å². The van der Waals surface area contributed by atoms with Gasteiger partial charge in [0, 0.05) is 6.54 Å². The molecule has 0 spiro atoms. The number of aryl methyl sites for hydroxylation is 2. The normalized spacial score (nSPS) is 10.8. The van der Waals surface area contributed by atoms with Crippen molar-refractivity contribution in [1.29, 1.82) is 0 Å². The van der Waals surface area contributed by atoms with Crippen LogP contribution >= 0.6 is 27.7 Å². The quantitative estimate of drug-likeness (QED) is 0.842. The van der Waals surface area contributed by atoms with Crippen LogP contribution in [0.15, 0.2) is 4.47 Å². The van der Waals surface area contributed by atoms with Gasteiger partial charge in [-0.05, 0) is 47.7 Å². The lowest BCUT2D eigenvalue weighted by Crippen LogP contribution is -2.05. The molecule has 80 valence electrons. The summed E-state index contributed by atoms with van der Waals surface area (Å²) in [6.45, 7) is 2.87. The van der Waals surface area contributed by atoms with Gasteiger partial charge in [0.2, 0.25) is 0 Å². The average Bonchev–Trinajstić information content (AvgIpc) is 2.41. The van der Waals surface area contributed by atoms with Crippen LogP contribution in [0.25, 0.3) is 0 Å². The van der Waals surface area contributed by atoms with E-state index in [-0.39, 0.29) is 0 Å². The van der Waals surface area contributed by atoms with Crippen molar-refractivity contribution in [2.24, 2.45) is 0 Å². The van der Waals surface area contributed by atoms with Gasteiger partial charge in [-0.25, -0.2) is 4.68 Å². The van der Waals surface area contributed by atoms with Crippen LogP contribution in [0.2, 0.25) is 0 Å². The number of anilines is 1. The van der Waals surface area contributed by atoms with Crippen LogP contribution in [0.1, 0.15) is 18.5 Å². The standard InChI is InChI=1S/C9H16BrN3S/c1-7-8(10)9(11)13(12-7)5-3-4-6-14-2/h3-6,11H2,1-2H3. The minimum atomic E-state index is 0.742. The molecule has 0 aromatic carbocycles. The zero-order chi connectivity index (χ0) is 10.6. The Hall–Kier alpha value is -0.160. The zero-order valence-electron chi connectivity index (χ0n) is 8.59. The summed E-state index contributed by atoms with van der Waals surface area (Å²) in [7, 11) is 0. The summed E-state index contributed by atoms with van der Waals surface area (Å²) in [4.78, 5) is 0. The Balaban J connectivity index is 2.47. The number of nitrogens with two attached hydrogens (primary N) is 1. The summed E-state index contributed by atoms with van der Waals surface area (Å²) in [6, 6.07) is 0. The maximum atomic E-state index is 5.87. The topological polar surface area (TPSA) is 43.8 Å². The Morgan fingerprint density at radius 2 is 2.21 bits per heavy atom. The smallest absolute Gasteiger partial charge is 0.136 e. The molecular weight excluding hydrogens is 262 g/mol. The first-order valence-corrected chi connectivity index (χ1v) is 6.82. The predicted octanol–water partition coefficient (Wildman–Crippen LogP) is 2.68. The zero-order valence-corrected chi connectivity index (χ0v) is 11.0. The molecule has 5 heteroatoms. The number of nitrogens with zero attached hydrogens (tertiary/aromatic N) is 2. The Morgan fingerprint density at radius 1 is 1.50 bits per heavy atom. The Kier molecular flexibility index (Phi) is 4.81. The van der Waals surface area contributed by atoms with Crippen LogP contribution < -0.4 is 5.73 Å². The van der Waals surface area contributed by atoms with Crippen LogP contribution in [0.5, 0.6) is 0 Å². The third-order valence-electron chi connectivity index (χ3n) is 2.06. The van der Waals surface area contributed by atoms with Crippen molar-refractivity contribution >= 4 is 33.5 Å². The van der Waals surface area contributed by atoms with E-state index < -0.39 is 0 Å². The van der Waals surface area contributed by atoms with Crippen LogP contribution in [0, 0.1) is 6.92 Å². The summed E-state index contributed by atoms with van der Waals surface area (Å²) in [5.74, 6) is 1.95. The predicted molar refractivity (Wildman–Crippen MR) is 66.7 cm³/mol. The second-order valence-electron chi connectivity index (χ2n) is 3.21. The molecule has 1 heterocycles. The molecule has 0 amide bonds. The van der Waals surface area contributed by atoms with Crippen molar-refractivity contribution in [3.05, 3.63) is 10.2 Å². The fourth-order valence-corrected chi connectivity index (χ4v) is 2.03. The summed E-state index contributed by atoms with van der Waals surface area (Å²) in [5.41, 5.74) is 6.83. The second kappa shape index (κ2) is 5.66. The monoisotopic (exact) mass is 277 g/mol. The first-order valence-electron chi connectivity index (χ1n) is 4.64. The van der Waals surface area contributed by atoms with Crippen molar-refractivity contribution in [2.75, 3.05) is 17.7 Å². The van der Waals surface area contributed by atoms with Gasteiger partial charge >= 0.3 is 0 Å². The van der Waals surface area contributed by atoms with E-state index >= 15 is 0 Å². The Morgan fingerprint density at radius 3 is 2.71 bits per heavy atom. The van der Waals surface area contributed by atoms with Gasteiger partial charge in [0.15, 0.2) is 0 Å². The fourth-order valence-electron chi connectivity index (χ4n) is 1.26. The van der Waals surface area contributed by atoms with Crippen molar-refractivity contribution < 1.29 is 0 Å². The largest absolute Gasteiger partial charge is 0.383 e. The molecule has 0 saturated heterocycles. The van der Waals surface area contributed by atoms with Crippen molar-refractivity contribution in [3.8, 4) is 0 Å². The molecule has 14 heavy (non-hydrogen) atoms. The number of hydrogen-bond acceptors (Lipinski definition) is 3. The van der Waals surface area contributed by atoms with Gasteiger partial charge in [-0.2, -0.15) is 16.9 Å². The summed E-state index contributed by atoms with van der Waals surface area (Å²) in [6.07, 6.45) is 4.48. The van der Waals surface area contributed by atoms with Gasteiger partial charge in [-0.1, -0.05) is 0 Å². The number of halogens is 1. The molecular formula is C9H16BrN3S. The molecule has 1 aromatic heterocycles. The molecule has 0 fully saturated rings. The number of unbranched alkanes of at least 4 members (excludes halogenated alkanes) is 1. The van der Waals surface area contributed by atoms with Crippen LogP contribution in [-0.2, 0) is 6.54 Å². The second-order valence-corrected chi connectivity index (χ2v) is 4.99. The van der Waals surface area contributed by atoms with E-state index in [0.717, 1.165) is 29.0 Å². The minimum Gasteiger partial charge on any atom is -0.383 e. The molecule has 0 atom stereocenters. The summed E-state index contributed by atoms with van der Waals surface area (Å²) >= 11 is 5.29. The van der Waals surface area contributed by atoms with Crippen molar-refractivity contribution in [2.45, 2.75) is 26.3 Å². The highest BCUT2D eigenvalue weighted by Gasteiger charge is 2.08. The van der Waals surface area contributed by atoms with E-state index in [4.69, 9.17) is 5.73 Å². The molecule has 2 N–H and O–H groups in total. The van der Waals surface area contributed by atoms with Crippen LogP contribution in [-0.4, -0.2) is 21.8 Å². The molecule has 0 aliphatic rings. The van der Waals surface area contributed by atoms with E-state index in [2.05, 4.69) is 27.3 Å². The first-order chi connectivity index (χ1) is 6.66. The van der Waals surface area contributed by atoms with Gasteiger partial charge < -0.3 is 5.73 Å². The first kappa shape index (κ1) is 11.9. The highest BCUT2D eigenvalue weighted by atomic mass is 79.9. The molecule has 1 aromatic rings. The van der Waals surface area contributed by atoms with E-state index in [9.17, 15) is 0 Å². The third kappa shape index (κ3) is 2.92. The molecule has 0 aliphatic carbocycles. The maximum absolute atomic E-state index is 5.87. The summed E-state index contributed by atoms with van der Waals surface area (Å²) < 4.78 is 2.81. The highest BCUT2D eigenvalue weighted by molar-refractivity contribution is 9.10. The lowest BCUT2D eigenvalue weighted by atomic mass is 10.3. The molecule has 0 radical (unpaired) electrons. The molecule has 1 rings (SSSR count). The van der Waals surface area contributed by atoms with Crippen LogP contribution in [0.4, 0.5) is 5.82 Å². The molecule has 0 unspecified atom stereocenters. The van der Waals surface area contributed by atoms with Gasteiger partial charge in [0.05, 0.1) is 10.2 Å². The third-order valence-corrected chi connectivity index (χ3v) is 3.74. The number of rotatable bonds is 5. The number of thioether (sulfide) groups is 1. The molecule has 0 aliphatic heterocycles. The van der Waals surface area contributed by atoms with Crippen molar-refractivity contribution in [3.63, 3.8) is 0 Å².